The van der Waals surface area contributed by atoms with Gasteiger partial charge in [-0.2, -0.15) is 5.10 Å². The number of nitrogens with zero attached hydrogens (tertiary/aromatic N) is 4. The summed E-state index contributed by atoms with van der Waals surface area (Å²) in [6.45, 7) is 3.19. The van der Waals surface area contributed by atoms with Gasteiger partial charge in [0.2, 0.25) is 11.3 Å². The Morgan fingerprint density at radius 3 is 2.35 bits per heavy atom. The molecule has 1 aliphatic heterocycles. The van der Waals surface area contributed by atoms with E-state index >= 15 is 0 Å². The largest absolute Gasteiger partial charge is 0.335 e. The molecule has 2 heterocycles. The van der Waals surface area contributed by atoms with E-state index in [0.717, 1.165) is 0 Å². The van der Waals surface area contributed by atoms with E-state index in [1.807, 2.05) is 4.90 Å². The quantitative estimate of drug-likeness (QED) is 0.622. The molecular formula is C24H23F2N5O3. The molecule has 1 saturated heterocycles. The molecule has 2 amide bonds. The Hall–Kier alpha value is -3.92. The first kappa shape index (κ1) is 23.2. The van der Waals surface area contributed by atoms with Crippen LogP contribution in [0.4, 0.5) is 14.5 Å². The molecule has 0 radical (unpaired) electrons. The highest BCUT2D eigenvalue weighted by atomic mass is 19.1. The number of aromatic nitrogens is 2. The molecule has 4 rings (SSSR count). The lowest BCUT2D eigenvalue weighted by molar-refractivity contribution is -0.117. The zero-order valence-corrected chi connectivity index (χ0v) is 18.5. The van der Waals surface area contributed by atoms with Crippen LogP contribution < -0.4 is 10.7 Å². The fraction of sp³-hybridized carbons (Fsp3) is 0.250. The van der Waals surface area contributed by atoms with Crippen molar-refractivity contribution in [1.29, 1.82) is 0 Å². The van der Waals surface area contributed by atoms with Crippen LogP contribution in [0.15, 0.2) is 59.4 Å². The Morgan fingerprint density at radius 1 is 1.00 bits per heavy atom. The SMILES string of the molecule is Cc1cc(=O)c(C(=O)N2CCN(CC(=O)Nc3ccc(F)cc3)CC2)nn1-c1ccccc1F. The highest BCUT2D eigenvalue weighted by molar-refractivity contribution is 5.93. The molecule has 1 aliphatic rings. The fourth-order valence-electron chi connectivity index (χ4n) is 3.76. The zero-order valence-electron chi connectivity index (χ0n) is 18.5. The van der Waals surface area contributed by atoms with E-state index in [-0.39, 0.29) is 29.7 Å². The minimum absolute atomic E-state index is 0.113. The van der Waals surface area contributed by atoms with Gasteiger partial charge in [0, 0.05) is 43.6 Å². The van der Waals surface area contributed by atoms with Gasteiger partial charge in [0.15, 0.2) is 5.69 Å². The standard InChI is InChI=1S/C24H23F2N5O3/c1-16-14-21(32)23(28-31(16)20-5-3-2-4-19(20)26)24(34)30-12-10-29(11-13-30)15-22(33)27-18-8-6-17(25)7-9-18/h2-9,14H,10-13,15H2,1H3,(H,27,33). The molecule has 0 spiro atoms. The maximum absolute atomic E-state index is 14.3. The lowest BCUT2D eigenvalue weighted by Crippen LogP contribution is -2.51. The smallest absolute Gasteiger partial charge is 0.278 e. The average Bonchev–Trinajstić information content (AvgIpc) is 2.81. The number of halogens is 2. The third-order valence-electron chi connectivity index (χ3n) is 5.55. The van der Waals surface area contributed by atoms with Crippen molar-refractivity contribution in [3.63, 3.8) is 0 Å². The summed E-state index contributed by atoms with van der Waals surface area (Å²) in [5, 5.41) is 6.87. The number of benzene rings is 2. The first-order chi connectivity index (χ1) is 16.3. The average molecular weight is 467 g/mol. The number of piperazine rings is 1. The molecule has 1 aromatic heterocycles. The number of nitrogens with one attached hydrogen (secondary N) is 1. The number of aryl methyl sites for hydroxylation is 1. The van der Waals surface area contributed by atoms with Crippen molar-refractivity contribution < 1.29 is 18.4 Å². The van der Waals surface area contributed by atoms with E-state index in [1.165, 1.54) is 52.0 Å². The maximum Gasteiger partial charge on any atom is 0.278 e. The number of carbonyl (C=O) groups excluding carboxylic acids is 2. The summed E-state index contributed by atoms with van der Waals surface area (Å²) in [5.41, 5.74) is 0.235. The molecule has 10 heteroatoms. The van der Waals surface area contributed by atoms with Crippen molar-refractivity contribution in [2.24, 2.45) is 0 Å². The number of hydrogen-bond acceptors (Lipinski definition) is 5. The summed E-state index contributed by atoms with van der Waals surface area (Å²) in [7, 11) is 0. The van der Waals surface area contributed by atoms with Gasteiger partial charge in [-0.05, 0) is 43.3 Å². The van der Waals surface area contributed by atoms with Crippen LogP contribution in [-0.2, 0) is 4.79 Å². The number of hydrogen-bond donors (Lipinski definition) is 1. The zero-order chi connectivity index (χ0) is 24.2. The molecule has 0 aliphatic carbocycles. The number of anilines is 1. The lowest BCUT2D eigenvalue weighted by atomic mass is 10.2. The van der Waals surface area contributed by atoms with Gasteiger partial charge in [-0.25, -0.2) is 13.5 Å². The van der Waals surface area contributed by atoms with Gasteiger partial charge < -0.3 is 10.2 Å². The van der Waals surface area contributed by atoms with Crippen molar-refractivity contribution in [2.45, 2.75) is 6.92 Å². The Balaban J connectivity index is 1.40. The van der Waals surface area contributed by atoms with Crippen LogP contribution in [0.1, 0.15) is 16.2 Å². The van der Waals surface area contributed by atoms with E-state index in [4.69, 9.17) is 0 Å². The normalized spacial score (nSPS) is 14.1. The van der Waals surface area contributed by atoms with Crippen LogP contribution >= 0.6 is 0 Å². The van der Waals surface area contributed by atoms with Gasteiger partial charge in [0.25, 0.3) is 5.91 Å². The molecule has 8 nitrogen and oxygen atoms in total. The first-order valence-corrected chi connectivity index (χ1v) is 10.7. The molecule has 0 saturated carbocycles. The van der Waals surface area contributed by atoms with Crippen molar-refractivity contribution in [1.82, 2.24) is 19.6 Å². The minimum atomic E-state index is -0.537. The Morgan fingerprint density at radius 2 is 1.68 bits per heavy atom. The molecule has 3 aromatic rings. The van der Waals surface area contributed by atoms with E-state index in [0.29, 0.717) is 37.6 Å². The molecule has 1 fully saturated rings. The number of rotatable bonds is 5. The monoisotopic (exact) mass is 467 g/mol. The van der Waals surface area contributed by atoms with Crippen LogP contribution in [0.3, 0.4) is 0 Å². The fourth-order valence-corrected chi connectivity index (χ4v) is 3.76. The van der Waals surface area contributed by atoms with Gasteiger partial charge in [0.05, 0.1) is 6.54 Å². The summed E-state index contributed by atoms with van der Waals surface area (Å²) in [6, 6.07) is 12.7. The lowest BCUT2D eigenvalue weighted by Gasteiger charge is -2.34. The van der Waals surface area contributed by atoms with Crippen LogP contribution in [0.25, 0.3) is 5.69 Å². The van der Waals surface area contributed by atoms with E-state index in [1.54, 1.807) is 19.1 Å². The topological polar surface area (TPSA) is 87.5 Å². The molecule has 2 aromatic carbocycles. The molecule has 0 bridgehead atoms. The number of amides is 2. The predicted octanol–water partition coefficient (Wildman–Crippen LogP) is 2.22. The second-order valence-corrected chi connectivity index (χ2v) is 7.99. The van der Waals surface area contributed by atoms with E-state index in [2.05, 4.69) is 10.4 Å². The van der Waals surface area contributed by atoms with E-state index in [9.17, 15) is 23.2 Å². The maximum atomic E-state index is 14.3. The van der Waals surface area contributed by atoms with Gasteiger partial charge in [-0.15, -0.1) is 0 Å². The third-order valence-corrected chi connectivity index (χ3v) is 5.55. The van der Waals surface area contributed by atoms with Crippen molar-refractivity contribution >= 4 is 17.5 Å². The molecule has 0 unspecified atom stereocenters. The summed E-state index contributed by atoms with van der Waals surface area (Å²) < 4.78 is 28.5. The highest BCUT2D eigenvalue weighted by Crippen LogP contribution is 2.14. The van der Waals surface area contributed by atoms with Crippen molar-refractivity contribution in [3.05, 3.63) is 87.8 Å². The van der Waals surface area contributed by atoms with Crippen LogP contribution in [0.5, 0.6) is 0 Å². The third kappa shape index (κ3) is 5.18. The summed E-state index contributed by atoms with van der Waals surface area (Å²) >= 11 is 0. The van der Waals surface area contributed by atoms with Gasteiger partial charge in [0.1, 0.15) is 17.3 Å². The Bertz CT molecular complexity index is 1270. The van der Waals surface area contributed by atoms with E-state index < -0.39 is 17.2 Å². The second kappa shape index (κ2) is 9.92. The molecule has 176 valence electrons. The molecule has 34 heavy (non-hydrogen) atoms. The molecule has 0 atom stereocenters. The highest BCUT2D eigenvalue weighted by Gasteiger charge is 2.26. The van der Waals surface area contributed by atoms with Crippen LogP contribution in [0, 0.1) is 18.6 Å². The Kier molecular flexibility index (Phi) is 6.78. The van der Waals surface area contributed by atoms with Crippen molar-refractivity contribution in [2.75, 3.05) is 38.0 Å². The van der Waals surface area contributed by atoms with Crippen LogP contribution in [0.2, 0.25) is 0 Å². The summed E-state index contributed by atoms with van der Waals surface area (Å²) in [6.07, 6.45) is 0. The minimum Gasteiger partial charge on any atom is -0.335 e. The Labute approximate surface area is 194 Å². The first-order valence-electron chi connectivity index (χ1n) is 10.7. The second-order valence-electron chi connectivity index (χ2n) is 7.99. The van der Waals surface area contributed by atoms with Gasteiger partial charge >= 0.3 is 0 Å². The summed E-state index contributed by atoms with van der Waals surface area (Å²) in [4.78, 5) is 41.2. The van der Waals surface area contributed by atoms with Gasteiger partial charge in [-0.3, -0.25) is 19.3 Å². The number of para-hydroxylation sites is 1. The number of carbonyl (C=O) groups is 2. The van der Waals surface area contributed by atoms with Crippen molar-refractivity contribution in [3.8, 4) is 5.69 Å². The van der Waals surface area contributed by atoms with Gasteiger partial charge in [-0.1, -0.05) is 12.1 Å². The molecule has 1 N–H and O–H groups in total. The summed E-state index contributed by atoms with van der Waals surface area (Å²) in [5.74, 6) is -1.69. The van der Waals surface area contributed by atoms with Crippen LogP contribution in [-0.4, -0.2) is 64.1 Å². The predicted molar refractivity (Wildman–Crippen MR) is 122 cm³/mol. The molecular weight excluding hydrogens is 444 g/mol.